The monoisotopic (exact) mass is 323 g/mol. The van der Waals surface area contributed by atoms with Gasteiger partial charge in [0.25, 0.3) is 0 Å². The average Bonchev–Trinajstić information content (AvgIpc) is 2.50. The molecule has 5 nitrogen and oxygen atoms in total. The van der Waals surface area contributed by atoms with Crippen molar-refractivity contribution >= 4 is 5.96 Å². The molecule has 23 heavy (non-hydrogen) atoms. The maximum Gasteiger partial charge on any atom is 0.191 e. The van der Waals surface area contributed by atoms with E-state index in [4.69, 9.17) is 4.74 Å². The van der Waals surface area contributed by atoms with E-state index in [1.54, 1.807) is 12.1 Å². The van der Waals surface area contributed by atoms with E-state index >= 15 is 0 Å². The molecule has 0 saturated heterocycles. The Morgan fingerprint density at radius 3 is 2.61 bits per heavy atom. The summed E-state index contributed by atoms with van der Waals surface area (Å²) in [6, 6.07) is 5.97. The molecule has 1 aliphatic rings. The van der Waals surface area contributed by atoms with Crippen molar-refractivity contribution in [2.24, 2.45) is 4.99 Å². The van der Waals surface area contributed by atoms with Crippen LogP contribution in [0.15, 0.2) is 29.3 Å². The summed E-state index contributed by atoms with van der Waals surface area (Å²) in [5.74, 6) is 1.02. The molecule has 0 heterocycles. The Bertz CT molecular complexity index is 515. The van der Waals surface area contributed by atoms with E-state index in [0.29, 0.717) is 24.8 Å². The van der Waals surface area contributed by atoms with E-state index in [0.717, 1.165) is 25.8 Å². The molecule has 1 saturated carbocycles. The summed E-state index contributed by atoms with van der Waals surface area (Å²) < 4.78 is 18.6. The number of hydrogen-bond donors (Lipinski definition) is 3. The molecule has 1 unspecified atom stereocenters. The summed E-state index contributed by atoms with van der Waals surface area (Å²) in [6.45, 7) is 5.64. The predicted octanol–water partition coefficient (Wildman–Crippen LogP) is 2.06. The molecule has 0 radical (unpaired) electrons. The third kappa shape index (κ3) is 5.71. The first kappa shape index (κ1) is 17.5. The van der Waals surface area contributed by atoms with Crippen molar-refractivity contribution in [1.29, 1.82) is 0 Å². The number of aliphatic imine (C=N–C) groups is 1. The van der Waals surface area contributed by atoms with E-state index in [2.05, 4.69) is 15.6 Å². The van der Waals surface area contributed by atoms with Crippen molar-refractivity contribution in [3.63, 3.8) is 0 Å². The normalized spacial score (nSPS) is 18.0. The van der Waals surface area contributed by atoms with Crippen molar-refractivity contribution in [1.82, 2.24) is 10.6 Å². The number of ether oxygens (including phenoxy) is 1. The Hall–Kier alpha value is -1.82. The summed E-state index contributed by atoms with van der Waals surface area (Å²) in [5.41, 5.74) is -0.626. The topological polar surface area (TPSA) is 65.9 Å². The van der Waals surface area contributed by atoms with Gasteiger partial charge in [-0.2, -0.15) is 0 Å². The summed E-state index contributed by atoms with van der Waals surface area (Å²) in [5, 5.41) is 16.5. The smallest absolute Gasteiger partial charge is 0.191 e. The van der Waals surface area contributed by atoms with Crippen LogP contribution < -0.4 is 15.4 Å². The van der Waals surface area contributed by atoms with Crippen LogP contribution in [0, 0.1) is 5.82 Å². The lowest BCUT2D eigenvalue weighted by Crippen LogP contribution is -2.45. The summed E-state index contributed by atoms with van der Waals surface area (Å²) in [7, 11) is 0. The third-order valence-corrected chi connectivity index (χ3v) is 3.87. The SMILES string of the molecule is CCNC(=NCC1(O)CCC1)NCC(C)Oc1ccc(F)cc1. The zero-order valence-electron chi connectivity index (χ0n) is 13.8. The van der Waals surface area contributed by atoms with Gasteiger partial charge in [-0.25, -0.2) is 4.39 Å². The maximum absolute atomic E-state index is 12.9. The molecular weight excluding hydrogens is 297 g/mol. The van der Waals surface area contributed by atoms with Gasteiger partial charge in [-0.15, -0.1) is 0 Å². The predicted molar refractivity (Wildman–Crippen MR) is 89.3 cm³/mol. The molecule has 6 heteroatoms. The molecule has 128 valence electrons. The van der Waals surface area contributed by atoms with E-state index in [9.17, 15) is 9.50 Å². The second-order valence-electron chi connectivity index (χ2n) is 6.04. The molecule has 0 amide bonds. The Morgan fingerprint density at radius 2 is 2.04 bits per heavy atom. The molecule has 0 aliphatic heterocycles. The number of halogens is 1. The molecule has 3 N–H and O–H groups in total. The first-order valence-electron chi connectivity index (χ1n) is 8.17. The van der Waals surface area contributed by atoms with Crippen LogP contribution >= 0.6 is 0 Å². The number of nitrogens with one attached hydrogen (secondary N) is 2. The van der Waals surface area contributed by atoms with Crippen molar-refractivity contribution in [3.05, 3.63) is 30.1 Å². The zero-order valence-corrected chi connectivity index (χ0v) is 13.8. The van der Waals surface area contributed by atoms with Crippen LogP contribution in [0.3, 0.4) is 0 Å². The molecule has 1 aromatic carbocycles. The highest BCUT2D eigenvalue weighted by atomic mass is 19.1. The van der Waals surface area contributed by atoms with Crippen molar-refractivity contribution in [2.45, 2.75) is 44.8 Å². The number of benzene rings is 1. The van der Waals surface area contributed by atoms with E-state index in [1.165, 1.54) is 12.1 Å². The second-order valence-corrected chi connectivity index (χ2v) is 6.04. The minimum Gasteiger partial charge on any atom is -0.489 e. The van der Waals surface area contributed by atoms with Crippen molar-refractivity contribution in [2.75, 3.05) is 19.6 Å². The molecule has 1 atom stereocenters. The van der Waals surface area contributed by atoms with Gasteiger partial charge >= 0.3 is 0 Å². The summed E-state index contributed by atoms with van der Waals surface area (Å²) in [4.78, 5) is 4.44. The quantitative estimate of drug-likeness (QED) is 0.531. The van der Waals surface area contributed by atoms with Gasteiger partial charge in [0.2, 0.25) is 0 Å². The Morgan fingerprint density at radius 1 is 1.35 bits per heavy atom. The van der Waals surface area contributed by atoms with Crippen molar-refractivity contribution < 1.29 is 14.2 Å². The lowest BCUT2D eigenvalue weighted by Gasteiger charge is -2.35. The minimum absolute atomic E-state index is 0.101. The fourth-order valence-corrected chi connectivity index (χ4v) is 2.34. The van der Waals surface area contributed by atoms with Gasteiger partial charge in [-0.1, -0.05) is 0 Å². The van der Waals surface area contributed by atoms with Gasteiger partial charge in [0.15, 0.2) is 5.96 Å². The minimum atomic E-state index is -0.626. The van der Waals surface area contributed by atoms with Gasteiger partial charge in [0.05, 0.1) is 18.7 Å². The highest BCUT2D eigenvalue weighted by Gasteiger charge is 2.34. The van der Waals surface area contributed by atoms with Crippen LogP contribution in [0.2, 0.25) is 0 Å². The van der Waals surface area contributed by atoms with Crippen LogP contribution in [0.25, 0.3) is 0 Å². The number of rotatable bonds is 7. The Labute approximate surface area is 137 Å². The van der Waals surface area contributed by atoms with Crippen molar-refractivity contribution in [3.8, 4) is 5.75 Å². The molecule has 0 aromatic heterocycles. The van der Waals surface area contributed by atoms with E-state index in [-0.39, 0.29) is 11.9 Å². The molecule has 1 aliphatic carbocycles. The average molecular weight is 323 g/mol. The second kappa shape index (κ2) is 8.15. The zero-order chi connectivity index (χ0) is 16.7. The van der Waals surface area contributed by atoms with Crippen LogP contribution in [-0.4, -0.2) is 42.4 Å². The van der Waals surface area contributed by atoms with Crippen LogP contribution in [-0.2, 0) is 0 Å². The van der Waals surface area contributed by atoms with Gasteiger partial charge < -0.3 is 20.5 Å². The van der Waals surface area contributed by atoms with Gasteiger partial charge in [-0.3, -0.25) is 4.99 Å². The molecule has 2 rings (SSSR count). The van der Waals surface area contributed by atoms with Crippen LogP contribution in [0.5, 0.6) is 5.75 Å². The lowest BCUT2D eigenvalue weighted by molar-refractivity contribution is -0.0236. The lowest BCUT2D eigenvalue weighted by atomic mass is 9.80. The molecule has 0 bridgehead atoms. The highest BCUT2D eigenvalue weighted by molar-refractivity contribution is 5.79. The first-order chi connectivity index (χ1) is 11.0. The highest BCUT2D eigenvalue weighted by Crippen LogP contribution is 2.31. The Balaban J connectivity index is 1.80. The largest absolute Gasteiger partial charge is 0.489 e. The third-order valence-electron chi connectivity index (χ3n) is 3.87. The summed E-state index contributed by atoms with van der Waals surface area (Å²) >= 11 is 0. The van der Waals surface area contributed by atoms with Crippen LogP contribution in [0.4, 0.5) is 4.39 Å². The molecule has 1 aromatic rings. The van der Waals surface area contributed by atoms with Gasteiger partial charge in [0, 0.05) is 6.54 Å². The molecule has 1 fully saturated rings. The maximum atomic E-state index is 12.9. The standard InChI is InChI=1S/C17H26FN3O2/c1-3-19-16(21-12-17(22)9-4-10-17)20-11-13(2)23-15-7-5-14(18)6-8-15/h5-8,13,22H,3-4,9-12H2,1-2H3,(H2,19,20,21). The fourth-order valence-electron chi connectivity index (χ4n) is 2.34. The first-order valence-corrected chi connectivity index (χ1v) is 8.17. The Kier molecular flexibility index (Phi) is 6.21. The number of nitrogens with zero attached hydrogens (tertiary/aromatic N) is 1. The van der Waals surface area contributed by atoms with Gasteiger partial charge in [-0.05, 0) is 57.4 Å². The number of aliphatic hydroxyl groups is 1. The van der Waals surface area contributed by atoms with E-state index < -0.39 is 5.60 Å². The fraction of sp³-hybridized carbons (Fsp3) is 0.588. The molecular formula is C17H26FN3O2. The number of hydrogen-bond acceptors (Lipinski definition) is 3. The summed E-state index contributed by atoms with van der Waals surface area (Å²) in [6.07, 6.45) is 2.61. The molecule has 0 spiro atoms. The van der Waals surface area contributed by atoms with E-state index in [1.807, 2.05) is 13.8 Å². The van der Waals surface area contributed by atoms with Crippen LogP contribution in [0.1, 0.15) is 33.1 Å². The van der Waals surface area contributed by atoms with Gasteiger partial charge in [0.1, 0.15) is 17.7 Å². The number of guanidine groups is 1.